The number of nitrogens with two attached hydrogens (primary N) is 1. The van der Waals surface area contributed by atoms with Crippen LogP contribution >= 0.6 is 0 Å². The van der Waals surface area contributed by atoms with Crippen molar-refractivity contribution in [3.63, 3.8) is 0 Å². The summed E-state index contributed by atoms with van der Waals surface area (Å²) in [5.74, 6) is -0.746. The molecule has 0 aromatic heterocycles. The molecule has 2 unspecified atom stereocenters. The molecule has 0 heterocycles. The van der Waals surface area contributed by atoms with Crippen molar-refractivity contribution in [3.05, 3.63) is 29.3 Å². The van der Waals surface area contributed by atoms with Crippen molar-refractivity contribution >= 4 is 5.97 Å². The first-order chi connectivity index (χ1) is 8.09. The van der Waals surface area contributed by atoms with Crippen molar-refractivity contribution in [3.8, 4) is 5.75 Å². The summed E-state index contributed by atoms with van der Waals surface area (Å²) in [6.07, 6.45) is 0.165. The summed E-state index contributed by atoms with van der Waals surface area (Å²) in [5.41, 5.74) is 7.60. The van der Waals surface area contributed by atoms with Gasteiger partial charge in [0.15, 0.2) is 0 Å². The zero-order valence-electron chi connectivity index (χ0n) is 9.30. The standard InChI is InChI=1S/C12H15NO4/c13-8-6-7-2-1-3-9(14)11(7)12(8)17-5-4-10(15)16/h1-3,8,12,14H,4-6,13H2,(H,15,16). The van der Waals surface area contributed by atoms with E-state index in [1.54, 1.807) is 12.1 Å². The van der Waals surface area contributed by atoms with Gasteiger partial charge in [-0.05, 0) is 18.1 Å². The molecule has 0 amide bonds. The van der Waals surface area contributed by atoms with Gasteiger partial charge in [-0.3, -0.25) is 4.79 Å². The Kier molecular flexibility index (Phi) is 3.31. The molecule has 1 aliphatic rings. The van der Waals surface area contributed by atoms with Gasteiger partial charge >= 0.3 is 5.97 Å². The maximum atomic E-state index is 10.4. The van der Waals surface area contributed by atoms with Crippen LogP contribution in [0.15, 0.2) is 18.2 Å². The first-order valence-corrected chi connectivity index (χ1v) is 5.49. The van der Waals surface area contributed by atoms with Crippen LogP contribution < -0.4 is 5.73 Å². The molecule has 0 bridgehead atoms. The number of carbonyl (C=O) groups is 1. The number of ether oxygens (including phenoxy) is 1. The summed E-state index contributed by atoms with van der Waals surface area (Å²) in [7, 11) is 0. The zero-order valence-corrected chi connectivity index (χ0v) is 9.30. The molecule has 1 aromatic rings. The SMILES string of the molecule is NC1Cc2cccc(O)c2C1OCCC(=O)O. The van der Waals surface area contributed by atoms with Crippen molar-refractivity contribution in [2.24, 2.45) is 5.73 Å². The maximum Gasteiger partial charge on any atom is 0.305 e. The zero-order chi connectivity index (χ0) is 12.4. The van der Waals surface area contributed by atoms with E-state index in [0.717, 1.165) is 5.56 Å². The highest BCUT2D eigenvalue weighted by molar-refractivity contribution is 5.66. The molecule has 5 nitrogen and oxygen atoms in total. The average molecular weight is 237 g/mol. The maximum absolute atomic E-state index is 10.4. The van der Waals surface area contributed by atoms with Crippen LogP contribution in [0.25, 0.3) is 0 Å². The Morgan fingerprint density at radius 2 is 2.29 bits per heavy atom. The molecule has 0 saturated carbocycles. The smallest absolute Gasteiger partial charge is 0.305 e. The van der Waals surface area contributed by atoms with E-state index >= 15 is 0 Å². The lowest BCUT2D eigenvalue weighted by atomic mass is 10.1. The molecule has 0 spiro atoms. The Bertz CT molecular complexity index is 433. The summed E-state index contributed by atoms with van der Waals surface area (Å²) >= 11 is 0. The number of hydrogen-bond acceptors (Lipinski definition) is 4. The topological polar surface area (TPSA) is 92.8 Å². The fourth-order valence-electron chi connectivity index (χ4n) is 2.16. The van der Waals surface area contributed by atoms with E-state index in [-0.39, 0.29) is 24.8 Å². The Balaban J connectivity index is 2.11. The molecule has 0 fully saturated rings. The lowest BCUT2D eigenvalue weighted by Crippen LogP contribution is -2.27. The van der Waals surface area contributed by atoms with Crippen molar-refractivity contribution in [2.45, 2.75) is 25.0 Å². The predicted octanol–water partition coefficient (Wildman–Crippen LogP) is 0.808. The molecule has 1 aromatic carbocycles. The van der Waals surface area contributed by atoms with Gasteiger partial charge in [0.2, 0.25) is 0 Å². The Labute approximate surface area is 98.8 Å². The predicted molar refractivity (Wildman–Crippen MR) is 60.7 cm³/mol. The van der Waals surface area contributed by atoms with Crippen LogP contribution in [0, 0.1) is 0 Å². The van der Waals surface area contributed by atoms with Gasteiger partial charge in [-0.25, -0.2) is 0 Å². The largest absolute Gasteiger partial charge is 0.508 e. The first kappa shape index (κ1) is 11.9. The Morgan fingerprint density at radius 3 is 3.00 bits per heavy atom. The van der Waals surface area contributed by atoms with E-state index in [0.29, 0.717) is 12.0 Å². The van der Waals surface area contributed by atoms with E-state index in [2.05, 4.69) is 0 Å². The summed E-state index contributed by atoms with van der Waals surface area (Å²) in [4.78, 5) is 10.4. The minimum Gasteiger partial charge on any atom is -0.508 e. The second-order valence-corrected chi connectivity index (χ2v) is 4.15. The van der Waals surface area contributed by atoms with Gasteiger partial charge in [0.05, 0.1) is 13.0 Å². The molecule has 5 heteroatoms. The van der Waals surface area contributed by atoms with Crippen LogP contribution in [0.1, 0.15) is 23.7 Å². The molecule has 92 valence electrons. The molecule has 0 aliphatic heterocycles. The van der Waals surface area contributed by atoms with Crippen LogP contribution in [-0.2, 0) is 16.0 Å². The number of carboxylic acid groups (broad SMARTS) is 1. The molecule has 1 aliphatic carbocycles. The van der Waals surface area contributed by atoms with E-state index in [1.165, 1.54) is 0 Å². The summed E-state index contributed by atoms with van der Waals surface area (Å²) in [6.45, 7) is 0.0987. The highest BCUT2D eigenvalue weighted by Gasteiger charge is 2.33. The summed E-state index contributed by atoms with van der Waals surface area (Å²) in [5, 5.41) is 18.3. The highest BCUT2D eigenvalue weighted by Crippen LogP contribution is 2.38. The van der Waals surface area contributed by atoms with Gasteiger partial charge in [-0.15, -0.1) is 0 Å². The van der Waals surface area contributed by atoms with Crippen molar-refractivity contribution in [2.75, 3.05) is 6.61 Å². The van der Waals surface area contributed by atoms with Gasteiger partial charge in [0.25, 0.3) is 0 Å². The fraction of sp³-hybridized carbons (Fsp3) is 0.417. The third-order valence-electron chi connectivity index (χ3n) is 2.92. The van der Waals surface area contributed by atoms with Crippen LogP contribution in [0.4, 0.5) is 0 Å². The minimum atomic E-state index is -0.908. The molecular formula is C12H15NO4. The molecule has 2 rings (SSSR count). The number of rotatable bonds is 4. The number of hydrogen-bond donors (Lipinski definition) is 3. The van der Waals surface area contributed by atoms with E-state index in [1.807, 2.05) is 6.07 Å². The number of benzene rings is 1. The van der Waals surface area contributed by atoms with Crippen molar-refractivity contribution in [1.82, 2.24) is 0 Å². The van der Waals surface area contributed by atoms with E-state index in [4.69, 9.17) is 15.6 Å². The summed E-state index contributed by atoms with van der Waals surface area (Å²) in [6, 6.07) is 5.02. The Hall–Kier alpha value is -1.59. The summed E-state index contributed by atoms with van der Waals surface area (Å²) < 4.78 is 5.47. The molecule has 0 saturated heterocycles. The number of phenols is 1. The van der Waals surface area contributed by atoms with Crippen LogP contribution in [0.2, 0.25) is 0 Å². The van der Waals surface area contributed by atoms with Gasteiger partial charge in [-0.2, -0.15) is 0 Å². The third kappa shape index (κ3) is 2.40. The molecule has 17 heavy (non-hydrogen) atoms. The lowest BCUT2D eigenvalue weighted by molar-refractivity contribution is -0.138. The van der Waals surface area contributed by atoms with Gasteiger partial charge in [0.1, 0.15) is 11.9 Å². The second kappa shape index (κ2) is 4.73. The molecule has 0 radical (unpaired) electrons. The van der Waals surface area contributed by atoms with Crippen LogP contribution in [0.5, 0.6) is 5.75 Å². The van der Waals surface area contributed by atoms with Crippen molar-refractivity contribution < 1.29 is 19.7 Å². The number of phenolic OH excluding ortho intramolecular Hbond substituents is 1. The van der Waals surface area contributed by atoms with Gasteiger partial charge in [0, 0.05) is 11.6 Å². The second-order valence-electron chi connectivity index (χ2n) is 4.15. The van der Waals surface area contributed by atoms with E-state index < -0.39 is 12.1 Å². The van der Waals surface area contributed by atoms with Gasteiger partial charge in [-0.1, -0.05) is 12.1 Å². The van der Waals surface area contributed by atoms with Crippen molar-refractivity contribution in [1.29, 1.82) is 0 Å². The average Bonchev–Trinajstić information content (AvgIpc) is 2.56. The first-order valence-electron chi connectivity index (χ1n) is 5.49. The Morgan fingerprint density at radius 1 is 1.53 bits per heavy atom. The number of carboxylic acids is 1. The fourth-order valence-corrected chi connectivity index (χ4v) is 2.16. The monoisotopic (exact) mass is 237 g/mol. The van der Waals surface area contributed by atoms with E-state index in [9.17, 15) is 9.90 Å². The lowest BCUT2D eigenvalue weighted by Gasteiger charge is -2.17. The normalized spacial score (nSPS) is 22.4. The number of aromatic hydroxyl groups is 1. The molecule has 4 N–H and O–H groups in total. The van der Waals surface area contributed by atoms with Crippen LogP contribution in [0.3, 0.4) is 0 Å². The quantitative estimate of drug-likeness (QED) is 0.720. The third-order valence-corrected chi connectivity index (χ3v) is 2.92. The molecular weight excluding hydrogens is 222 g/mol. The van der Waals surface area contributed by atoms with Crippen LogP contribution in [-0.4, -0.2) is 28.8 Å². The highest BCUT2D eigenvalue weighted by atomic mass is 16.5. The van der Waals surface area contributed by atoms with Gasteiger partial charge < -0.3 is 20.7 Å². The molecule has 2 atom stereocenters. The number of fused-ring (bicyclic) bond motifs is 1. The number of aliphatic carboxylic acids is 1. The minimum absolute atomic E-state index is 0.0633.